The Bertz CT molecular complexity index is 1050. The molecule has 2 aliphatic heterocycles. The van der Waals surface area contributed by atoms with Crippen LogP contribution in [0.5, 0.6) is 0 Å². The number of carbonyl (C=O) groups excluding carboxylic acids is 2. The molecule has 0 radical (unpaired) electrons. The number of benzene rings is 1. The van der Waals surface area contributed by atoms with Crippen LogP contribution in [-0.2, 0) is 9.59 Å². The molecule has 1 aromatic carbocycles. The maximum Gasteiger partial charge on any atom is 0.246 e. The van der Waals surface area contributed by atoms with Gasteiger partial charge in [0.2, 0.25) is 12.3 Å². The highest BCUT2D eigenvalue weighted by molar-refractivity contribution is 5.93. The minimum atomic E-state index is -0.313. The molecular formula is C21H17FN2O2. The minimum Gasteiger partial charge on any atom is -0.334 e. The zero-order valence-electron chi connectivity index (χ0n) is 14.1. The first-order chi connectivity index (χ1) is 12.7. The van der Waals surface area contributed by atoms with Crippen molar-refractivity contribution in [3.05, 3.63) is 69.9 Å². The molecule has 0 bridgehead atoms. The van der Waals surface area contributed by atoms with Crippen LogP contribution in [-0.4, -0.2) is 41.2 Å². The van der Waals surface area contributed by atoms with Gasteiger partial charge in [0.1, 0.15) is 5.82 Å². The quantitative estimate of drug-likeness (QED) is 0.706. The Balaban J connectivity index is 1.83. The first kappa shape index (κ1) is 15.3. The van der Waals surface area contributed by atoms with Crippen molar-refractivity contribution in [2.45, 2.75) is 12.5 Å². The number of rotatable bonds is 1. The predicted molar refractivity (Wildman–Crippen MR) is 95.2 cm³/mol. The fourth-order valence-electron chi connectivity index (χ4n) is 4.52. The summed E-state index contributed by atoms with van der Waals surface area (Å²) in [5.41, 5.74) is 3.05. The number of carbonyl (C=O) groups is 2. The summed E-state index contributed by atoms with van der Waals surface area (Å²) < 4.78 is 14.1. The lowest BCUT2D eigenvalue weighted by Crippen LogP contribution is -2.53. The van der Waals surface area contributed by atoms with E-state index in [0.29, 0.717) is 13.0 Å². The topological polar surface area (TPSA) is 40.6 Å². The van der Waals surface area contributed by atoms with E-state index < -0.39 is 0 Å². The highest BCUT2D eigenvalue weighted by Gasteiger charge is 2.43. The number of nitrogens with zero attached hydrogens (tertiary/aromatic N) is 2. The van der Waals surface area contributed by atoms with Gasteiger partial charge in [-0.1, -0.05) is 36.4 Å². The smallest absolute Gasteiger partial charge is 0.246 e. The molecule has 0 saturated carbocycles. The lowest BCUT2D eigenvalue weighted by atomic mass is 9.89. The molecule has 0 aromatic heterocycles. The lowest BCUT2D eigenvalue weighted by molar-refractivity contribution is -0.139. The maximum absolute atomic E-state index is 14.1. The molecule has 130 valence electrons. The number of halogens is 1. The first-order valence-corrected chi connectivity index (χ1v) is 8.77. The highest BCUT2D eigenvalue weighted by Crippen LogP contribution is 2.41. The monoisotopic (exact) mass is 348 g/mol. The third-order valence-electron chi connectivity index (χ3n) is 5.58. The Labute approximate surface area is 149 Å². The van der Waals surface area contributed by atoms with Gasteiger partial charge >= 0.3 is 0 Å². The fourth-order valence-corrected chi connectivity index (χ4v) is 4.52. The molecule has 2 heterocycles. The van der Waals surface area contributed by atoms with E-state index in [2.05, 4.69) is 18.2 Å². The molecule has 2 amide bonds. The third kappa shape index (κ3) is 2.13. The van der Waals surface area contributed by atoms with Gasteiger partial charge in [0.05, 0.1) is 18.3 Å². The first-order valence-electron chi connectivity index (χ1n) is 8.77. The molecule has 2 atom stereocenters. The molecule has 0 N–H and O–H groups in total. The van der Waals surface area contributed by atoms with Crippen LogP contribution in [0.3, 0.4) is 0 Å². The van der Waals surface area contributed by atoms with Crippen LogP contribution in [0, 0.1) is 11.7 Å². The molecule has 2 saturated heterocycles. The Morgan fingerprint density at radius 1 is 1.23 bits per heavy atom. The average Bonchev–Trinajstić information content (AvgIpc) is 2.97. The van der Waals surface area contributed by atoms with Gasteiger partial charge in [0.25, 0.3) is 0 Å². The van der Waals surface area contributed by atoms with Crippen molar-refractivity contribution >= 4 is 24.1 Å². The SMILES string of the molecule is O=CN1CC(=O)N2C3=c4cc(F)ccc4=CC4C=CC=CC4=C3C[C@@H]2C1. The van der Waals surface area contributed by atoms with Crippen LogP contribution in [0.15, 0.2) is 53.6 Å². The molecule has 26 heavy (non-hydrogen) atoms. The number of hydrogen-bond donors (Lipinski definition) is 0. The van der Waals surface area contributed by atoms with E-state index in [0.717, 1.165) is 33.7 Å². The average molecular weight is 348 g/mol. The zero-order valence-corrected chi connectivity index (χ0v) is 14.1. The van der Waals surface area contributed by atoms with Crippen LogP contribution in [0.25, 0.3) is 11.8 Å². The molecule has 1 aromatic rings. The van der Waals surface area contributed by atoms with E-state index in [1.54, 1.807) is 11.0 Å². The van der Waals surface area contributed by atoms with Gasteiger partial charge in [0, 0.05) is 17.7 Å². The molecule has 2 aliphatic carbocycles. The van der Waals surface area contributed by atoms with Crippen LogP contribution in [0.2, 0.25) is 0 Å². The van der Waals surface area contributed by atoms with E-state index >= 15 is 0 Å². The normalized spacial score (nSPS) is 26.0. The summed E-state index contributed by atoms with van der Waals surface area (Å²) >= 11 is 0. The Morgan fingerprint density at radius 3 is 2.96 bits per heavy atom. The summed E-state index contributed by atoms with van der Waals surface area (Å²) in [7, 11) is 0. The second-order valence-corrected chi connectivity index (χ2v) is 7.11. The Kier molecular flexibility index (Phi) is 3.26. The zero-order chi connectivity index (χ0) is 17.8. The van der Waals surface area contributed by atoms with Gasteiger partial charge in [0.15, 0.2) is 0 Å². The lowest BCUT2D eigenvalue weighted by Gasteiger charge is -2.35. The Morgan fingerprint density at radius 2 is 2.12 bits per heavy atom. The second-order valence-electron chi connectivity index (χ2n) is 7.11. The van der Waals surface area contributed by atoms with E-state index in [-0.39, 0.29) is 30.2 Å². The van der Waals surface area contributed by atoms with Gasteiger partial charge in [-0.05, 0) is 34.9 Å². The highest BCUT2D eigenvalue weighted by atomic mass is 19.1. The van der Waals surface area contributed by atoms with Crippen LogP contribution in [0.4, 0.5) is 4.39 Å². The van der Waals surface area contributed by atoms with Crippen molar-refractivity contribution in [1.29, 1.82) is 0 Å². The number of fused-ring (bicyclic) bond motifs is 5. The maximum atomic E-state index is 14.1. The minimum absolute atomic E-state index is 0.0691. The van der Waals surface area contributed by atoms with E-state index in [1.807, 2.05) is 12.2 Å². The molecule has 0 spiro atoms. The third-order valence-corrected chi connectivity index (χ3v) is 5.58. The predicted octanol–water partition coefficient (Wildman–Crippen LogP) is 0.840. The summed E-state index contributed by atoms with van der Waals surface area (Å²) in [6.45, 7) is 0.577. The van der Waals surface area contributed by atoms with Crippen molar-refractivity contribution < 1.29 is 14.0 Å². The van der Waals surface area contributed by atoms with Gasteiger partial charge in [-0.3, -0.25) is 9.59 Å². The van der Waals surface area contributed by atoms with E-state index in [4.69, 9.17) is 0 Å². The standard InChI is InChI=1S/C21H17FN2O2/c22-15-6-5-14-7-13-3-1-2-4-17(13)19-9-16-10-23(12-25)11-20(26)24(16)21(19)18(14)8-15/h1-8,12-13,16H,9-11H2/t13?,16-/m1/s1. The van der Waals surface area contributed by atoms with Gasteiger partial charge in [-0.25, -0.2) is 4.39 Å². The van der Waals surface area contributed by atoms with Gasteiger partial charge in [-0.2, -0.15) is 0 Å². The number of amides is 2. The largest absolute Gasteiger partial charge is 0.334 e. The molecular weight excluding hydrogens is 331 g/mol. The summed E-state index contributed by atoms with van der Waals surface area (Å²) in [6, 6.07) is 4.67. The van der Waals surface area contributed by atoms with Crippen LogP contribution >= 0.6 is 0 Å². The summed E-state index contributed by atoms with van der Waals surface area (Å²) in [4.78, 5) is 27.3. The summed E-state index contributed by atoms with van der Waals surface area (Å²) in [6.07, 6.45) is 11.8. The Hall–Kier alpha value is -2.95. The summed E-state index contributed by atoms with van der Waals surface area (Å²) in [5.74, 6) is -0.314. The summed E-state index contributed by atoms with van der Waals surface area (Å²) in [5, 5.41) is 1.70. The second kappa shape index (κ2) is 5.53. The van der Waals surface area contributed by atoms with E-state index in [9.17, 15) is 14.0 Å². The van der Waals surface area contributed by atoms with E-state index in [1.165, 1.54) is 17.0 Å². The van der Waals surface area contributed by atoms with Crippen LogP contribution < -0.4 is 10.4 Å². The molecule has 4 nitrogen and oxygen atoms in total. The molecule has 5 heteroatoms. The van der Waals surface area contributed by atoms with Crippen molar-refractivity contribution in [2.24, 2.45) is 5.92 Å². The fraction of sp³-hybridized carbons (Fsp3) is 0.238. The van der Waals surface area contributed by atoms with Crippen molar-refractivity contribution in [1.82, 2.24) is 9.80 Å². The number of allylic oxidation sites excluding steroid dienone is 5. The van der Waals surface area contributed by atoms with Crippen LogP contribution in [0.1, 0.15) is 6.42 Å². The van der Waals surface area contributed by atoms with Crippen molar-refractivity contribution in [2.75, 3.05) is 13.1 Å². The van der Waals surface area contributed by atoms with Gasteiger partial charge in [-0.15, -0.1) is 0 Å². The number of hydrogen-bond acceptors (Lipinski definition) is 2. The molecule has 5 rings (SSSR count). The molecule has 2 fully saturated rings. The molecule has 1 unspecified atom stereocenters. The van der Waals surface area contributed by atoms with Gasteiger partial charge < -0.3 is 9.80 Å². The van der Waals surface area contributed by atoms with Crippen molar-refractivity contribution in [3.8, 4) is 0 Å². The molecule has 4 aliphatic rings. The van der Waals surface area contributed by atoms with Crippen molar-refractivity contribution in [3.63, 3.8) is 0 Å². The number of piperazine rings is 1.